The minimum atomic E-state index is -0.683. The first-order valence-electron chi connectivity index (χ1n) is 4.54. The Bertz CT molecular complexity index is 470. The number of fused-ring (bicyclic) bond motifs is 1. The van der Waals surface area contributed by atoms with Crippen LogP contribution < -0.4 is 5.32 Å². The van der Waals surface area contributed by atoms with Crippen LogP contribution in [0, 0.1) is 0 Å². The van der Waals surface area contributed by atoms with E-state index in [-0.39, 0.29) is 0 Å². The van der Waals surface area contributed by atoms with Crippen molar-refractivity contribution in [2.75, 3.05) is 13.6 Å². The van der Waals surface area contributed by atoms with Crippen molar-refractivity contribution in [2.24, 2.45) is 0 Å². The maximum absolute atomic E-state index is 9.81. The molecule has 2 N–H and O–H groups in total. The molecule has 0 aliphatic rings. The molecule has 2 rings (SSSR count). The third-order valence-corrected chi connectivity index (χ3v) is 2.40. The molecule has 2 aromatic rings. The van der Waals surface area contributed by atoms with Gasteiger partial charge in [0.15, 0.2) is 5.65 Å². The number of aliphatic hydroxyl groups is 1. The Labute approximate surface area is 91.7 Å². The standard InChI is InChI=1S/C9H11ClN4O/c1-11-4-6(15)8-9-13-5-7(10)14(9)3-2-12-8/h2-3,5-6,11,15H,4H2,1H3. The molecule has 1 unspecified atom stereocenters. The Morgan fingerprint density at radius 2 is 2.40 bits per heavy atom. The van der Waals surface area contributed by atoms with Crippen molar-refractivity contribution < 1.29 is 5.11 Å². The van der Waals surface area contributed by atoms with E-state index in [0.29, 0.717) is 23.0 Å². The van der Waals surface area contributed by atoms with Gasteiger partial charge in [0, 0.05) is 18.9 Å². The van der Waals surface area contributed by atoms with E-state index in [1.54, 1.807) is 23.8 Å². The van der Waals surface area contributed by atoms with E-state index in [4.69, 9.17) is 11.6 Å². The van der Waals surface area contributed by atoms with Gasteiger partial charge < -0.3 is 10.4 Å². The zero-order valence-corrected chi connectivity index (χ0v) is 8.94. The third kappa shape index (κ3) is 1.81. The summed E-state index contributed by atoms with van der Waals surface area (Å²) < 4.78 is 1.68. The number of nitrogens with one attached hydrogen (secondary N) is 1. The highest BCUT2D eigenvalue weighted by Gasteiger charge is 2.14. The fourth-order valence-corrected chi connectivity index (χ4v) is 1.62. The molecule has 1 atom stereocenters. The first-order chi connectivity index (χ1) is 7.24. The molecule has 0 aliphatic carbocycles. The van der Waals surface area contributed by atoms with E-state index >= 15 is 0 Å². The summed E-state index contributed by atoms with van der Waals surface area (Å²) in [4.78, 5) is 8.21. The average molecular weight is 227 g/mol. The molecule has 0 saturated heterocycles. The SMILES string of the molecule is CNCC(O)c1nccn2c(Cl)cnc12. The first kappa shape index (κ1) is 10.4. The quantitative estimate of drug-likeness (QED) is 0.806. The van der Waals surface area contributed by atoms with Gasteiger partial charge in [-0.2, -0.15) is 0 Å². The zero-order chi connectivity index (χ0) is 10.8. The number of nitrogens with zero attached hydrogens (tertiary/aromatic N) is 3. The van der Waals surface area contributed by atoms with Crippen molar-refractivity contribution in [1.29, 1.82) is 0 Å². The summed E-state index contributed by atoms with van der Waals surface area (Å²) in [6.45, 7) is 0.428. The number of hydrogen-bond donors (Lipinski definition) is 2. The van der Waals surface area contributed by atoms with Crippen molar-refractivity contribution in [3.05, 3.63) is 29.4 Å². The maximum Gasteiger partial charge on any atom is 0.162 e. The van der Waals surface area contributed by atoms with Crippen molar-refractivity contribution in [3.8, 4) is 0 Å². The molecule has 2 heterocycles. The second kappa shape index (κ2) is 4.14. The fraction of sp³-hybridized carbons (Fsp3) is 0.333. The number of likely N-dealkylation sites (N-methyl/N-ethyl adjacent to an activating group) is 1. The summed E-state index contributed by atoms with van der Waals surface area (Å²) >= 11 is 5.90. The van der Waals surface area contributed by atoms with Crippen LogP contribution in [0.25, 0.3) is 5.65 Å². The first-order valence-corrected chi connectivity index (χ1v) is 4.92. The summed E-state index contributed by atoms with van der Waals surface area (Å²) in [5.74, 6) is 0. The van der Waals surface area contributed by atoms with Crippen molar-refractivity contribution in [2.45, 2.75) is 6.10 Å². The van der Waals surface area contributed by atoms with E-state index in [2.05, 4.69) is 15.3 Å². The Balaban J connectivity index is 2.51. The predicted molar refractivity (Wildman–Crippen MR) is 56.9 cm³/mol. The lowest BCUT2D eigenvalue weighted by atomic mass is 10.2. The highest BCUT2D eigenvalue weighted by Crippen LogP contribution is 2.18. The van der Waals surface area contributed by atoms with Crippen LogP contribution in [0.4, 0.5) is 0 Å². The van der Waals surface area contributed by atoms with Crippen LogP contribution in [0.3, 0.4) is 0 Å². The van der Waals surface area contributed by atoms with Crippen LogP contribution >= 0.6 is 11.6 Å². The molecule has 6 heteroatoms. The minimum Gasteiger partial charge on any atom is -0.385 e. The predicted octanol–water partition coefficient (Wildman–Crippen LogP) is 0.635. The Kier molecular flexibility index (Phi) is 2.86. The molecule has 0 bridgehead atoms. The monoisotopic (exact) mass is 226 g/mol. The summed E-state index contributed by atoms with van der Waals surface area (Å²) in [5.41, 5.74) is 1.11. The molecule has 5 nitrogen and oxygen atoms in total. The van der Waals surface area contributed by atoms with E-state index in [0.717, 1.165) is 0 Å². The van der Waals surface area contributed by atoms with Gasteiger partial charge in [-0.05, 0) is 7.05 Å². The van der Waals surface area contributed by atoms with Gasteiger partial charge in [0.2, 0.25) is 0 Å². The molecule has 0 amide bonds. The molecular weight excluding hydrogens is 216 g/mol. The van der Waals surface area contributed by atoms with Crippen LogP contribution in [0.15, 0.2) is 18.6 Å². The number of aromatic nitrogens is 3. The van der Waals surface area contributed by atoms with Crippen molar-refractivity contribution in [3.63, 3.8) is 0 Å². The fourth-order valence-electron chi connectivity index (χ4n) is 1.43. The Morgan fingerprint density at radius 1 is 1.60 bits per heavy atom. The molecule has 0 aromatic carbocycles. The maximum atomic E-state index is 9.81. The molecule has 15 heavy (non-hydrogen) atoms. The largest absolute Gasteiger partial charge is 0.385 e. The Morgan fingerprint density at radius 3 is 3.13 bits per heavy atom. The second-order valence-electron chi connectivity index (χ2n) is 3.16. The van der Waals surface area contributed by atoms with E-state index < -0.39 is 6.10 Å². The molecule has 0 aliphatic heterocycles. The lowest BCUT2D eigenvalue weighted by Crippen LogP contribution is -2.18. The van der Waals surface area contributed by atoms with Crippen molar-refractivity contribution in [1.82, 2.24) is 19.7 Å². The van der Waals surface area contributed by atoms with Crippen LogP contribution in [0.2, 0.25) is 5.15 Å². The van der Waals surface area contributed by atoms with E-state index in [1.165, 1.54) is 6.20 Å². The van der Waals surface area contributed by atoms with Gasteiger partial charge in [-0.1, -0.05) is 11.6 Å². The number of rotatable bonds is 3. The lowest BCUT2D eigenvalue weighted by Gasteiger charge is -2.09. The highest BCUT2D eigenvalue weighted by atomic mass is 35.5. The molecular formula is C9H11ClN4O. The van der Waals surface area contributed by atoms with Gasteiger partial charge in [0.25, 0.3) is 0 Å². The van der Waals surface area contributed by atoms with E-state index in [9.17, 15) is 5.11 Å². The second-order valence-corrected chi connectivity index (χ2v) is 3.55. The lowest BCUT2D eigenvalue weighted by molar-refractivity contribution is 0.174. The summed E-state index contributed by atoms with van der Waals surface area (Å²) in [6.07, 6.45) is 4.15. The normalized spacial score (nSPS) is 13.3. The highest BCUT2D eigenvalue weighted by molar-refractivity contribution is 6.29. The molecule has 80 valence electrons. The van der Waals surface area contributed by atoms with Gasteiger partial charge >= 0.3 is 0 Å². The van der Waals surface area contributed by atoms with Gasteiger partial charge in [0.05, 0.1) is 6.20 Å². The van der Waals surface area contributed by atoms with Crippen LogP contribution in [0.5, 0.6) is 0 Å². The number of imidazole rings is 1. The van der Waals surface area contributed by atoms with Crippen LogP contribution in [0.1, 0.15) is 11.8 Å². The van der Waals surface area contributed by atoms with Crippen LogP contribution in [-0.2, 0) is 0 Å². The molecule has 0 fully saturated rings. The Hall–Kier alpha value is -1.17. The third-order valence-electron chi connectivity index (χ3n) is 2.12. The van der Waals surface area contributed by atoms with Crippen LogP contribution in [-0.4, -0.2) is 33.1 Å². The molecule has 0 radical (unpaired) electrons. The molecule has 2 aromatic heterocycles. The summed E-state index contributed by atoms with van der Waals surface area (Å²) in [5, 5.41) is 13.2. The average Bonchev–Trinajstić information content (AvgIpc) is 2.61. The van der Waals surface area contributed by atoms with Gasteiger partial charge in [0.1, 0.15) is 17.0 Å². The topological polar surface area (TPSA) is 62.5 Å². The van der Waals surface area contributed by atoms with Crippen molar-refractivity contribution >= 4 is 17.2 Å². The summed E-state index contributed by atoms with van der Waals surface area (Å²) in [7, 11) is 1.77. The molecule has 0 spiro atoms. The zero-order valence-electron chi connectivity index (χ0n) is 8.18. The van der Waals surface area contributed by atoms with Gasteiger partial charge in [-0.3, -0.25) is 9.38 Å². The minimum absolute atomic E-state index is 0.428. The van der Waals surface area contributed by atoms with E-state index in [1.807, 2.05) is 0 Å². The number of aliphatic hydroxyl groups excluding tert-OH is 1. The molecule has 0 saturated carbocycles. The van der Waals surface area contributed by atoms with Gasteiger partial charge in [-0.15, -0.1) is 0 Å². The number of halogens is 1. The smallest absolute Gasteiger partial charge is 0.162 e. The number of hydrogen-bond acceptors (Lipinski definition) is 4. The van der Waals surface area contributed by atoms with Gasteiger partial charge in [-0.25, -0.2) is 4.98 Å². The summed E-state index contributed by atoms with van der Waals surface area (Å²) in [6, 6.07) is 0.